The SMILES string of the molecule is CCCCCCCCCCCCCCCCCCCCCC(=O)O[C@H](COC(=O)CCCCCCCCCCCCCCCCCCCC)COP(=O)(O)OC[C@@H](O)COP(=O)(O)OC[C@@H](COC(=O)CCCCCCCCCCCCC)OC(=O)CCCCCCCCCCCCCCCCCCC. The number of esters is 4. The third-order valence-corrected chi connectivity index (χ3v) is 22.3. The summed E-state index contributed by atoms with van der Waals surface area (Å²) in [5, 5.41) is 10.7. The Balaban J connectivity index is 5.24. The number of carbonyl (C=O) groups is 4. The van der Waals surface area contributed by atoms with E-state index in [1.54, 1.807) is 0 Å². The Morgan fingerprint density at radius 1 is 0.229 bits per heavy atom. The molecule has 0 aliphatic carbocycles. The van der Waals surface area contributed by atoms with Crippen LogP contribution in [0.25, 0.3) is 0 Å². The van der Waals surface area contributed by atoms with Crippen molar-refractivity contribution in [1.82, 2.24) is 0 Å². The predicted octanol–water partition coefficient (Wildman–Crippen LogP) is 26.5. The molecule has 0 spiro atoms. The highest BCUT2D eigenvalue weighted by atomic mass is 31.2. The van der Waals surface area contributed by atoms with Crippen molar-refractivity contribution in [2.75, 3.05) is 39.6 Å². The largest absolute Gasteiger partial charge is 0.472 e. The third kappa shape index (κ3) is 79.9. The van der Waals surface area contributed by atoms with Crippen LogP contribution in [0.15, 0.2) is 0 Å². The molecule has 0 radical (unpaired) electrons. The zero-order valence-corrected chi connectivity index (χ0v) is 70.5. The molecule has 0 amide bonds. The normalized spacial score (nSPS) is 13.7. The lowest BCUT2D eigenvalue weighted by Crippen LogP contribution is -2.30. The smallest absolute Gasteiger partial charge is 0.462 e. The summed E-state index contributed by atoms with van der Waals surface area (Å²) >= 11 is 0. The highest BCUT2D eigenvalue weighted by Crippen LogP contribution is 2.45. The van der Waals surface area contributed by atoms with E-state index in [9.17, 15) is 43.2 Å². The second-order valence-electron chi connectivity index (χ2n) is 30.9. The first-order valence-electron chi connectivity index (χ1n) is 44.8. The minimum Gasteiger partial charge on any atom is -0.462 e. The molecule has 0 aromatic carbocycles. The fourth-order valence-electron chi connectivity index (χ4n) is 13.5. The molecule has 0 bridgehead atoms. The Morgan fingerprint density at radius 3 is 0.562 bits per heavy atom. The Hall–Kier alpha value is -1.94. The summed E-state index contributed by atoms with van der Waals surface area (Å²) in [6, 6.07) is 0. The number of unbranched alkanes of at least 4 members (excludes halogenated alkanes) is 61. The Labute approximate surface area is 645 Å². The molecule has 0 rings (SSSR count). The summed E-state index contributed by atoms with van der Waals surface area (Å²) in [4.78, 5) is 73.2. The van der Waals surface area contributed by atoms with Gasteiger partial charge in [-0.25, -0.2) is 9.13 Å². The van der Waals surface area contributed by atoms with Gasteiger partial charge in [0.25, 0.3) is 0 Å². The van der Waals surface area contributed by atoms with E-state index in [4.69, 9.17) is 37.0 Å². The van der Waals surface area contributed by atoms with Crippen LogP contribution in [0, 0.1) is 0 Å². The van der Waals surface area contributed by atoms with Crippen molar-refractivity contribution in [3.05, 3.63) is 0 Å². The standard InChI is InChI=1S/C86H168O17P2/c1-5-9-13-17-21-25-29-32-35-38-40-43-46-49-53-57-61-65-69-73-86(91)103-82(77-97-84(89)71-67-63-59-55-51-47-44-42-39-36-33-30-26-22-18-14-10-6-2)79-101-105(94,95)99-75-80(87)74-98-104(92,93)100-78-81(76-96-83(88)70-66-62-58-54-50-28-24-20-16-12-8-4)102-85(90)72-68-64-60-56-52-48-45-41-37-34-31-27-23-19-15-11-7-3/h80-82,87H,5-79H2,1-4H3,(H,92,93)(H,94,95)/t80-,81+,82+/m0/s1. The number of hydrogen-bond acceptors (Lipinski definition) is 15. The van der Waals surface area contributed by atoms with Crippen LogP contribution in [-0.2, 0) is 65.4 Å². The molecule has 0 fully saturated rings. The van der Waals surface area contributed by atoms with E-state index >= 15 is 0 Å². The van der Waals surface area contributed by atoms with Crippen LogP contribution >= 0.6 is 15.6 Å². The predicted molar refractivity (Wildman–Crippen MR) is 432 cm³/mol. The van der Waals surface area contributed by atoms with Crippen molar-refractivity contribution in [1.29, 1.82) is 0 Å². The first-order chi connectivity index (χ1) is 51.2. The molecule has 17 nitrogen and oxygen atoms in total. The number of hydrogen-bond donors (Lipinski definition) is 3. The average Bonchev–Trinajstić information content (AvgIpc) is 0.907. The number of rotatable bonds is 87. The fraction of sp³-hybridized carbons (Fsp3) is 0.953. The van der Waals surface area contributed by atoms with E-state index < -0.39 is 97.5 Å². The van der Waals surface area contributed by atoms with E-state index in [-0.39, 0.29) is 25.7 Å². The molecule has 3 N–H and O–H groups in total. The third-order valence-electron chi connectivity index (χ3n) is 20.4. The summed E-state index contributed by atoms with van der Waals surface area (Å²) in [5.41, 5.74) is 0. The molecule has 5 atom stereocenters. The van der Waals surface area contributed by atoms with E-state index in [1.165, 1.54) is 302 Å². The maximum absolute atomic E-state index is 13.1. The maximum atomic E-state index is 13.1. The second kappa shape index (κ2) is 80.1. The van der Waals surface area contributed by atoms with E-state index in [1.807, 2.05) is 0 Å². The number of phosphoric ester groups is 2. The van der Waals surface area contributed by atoms with E-state index in [0.29, 0.717) is 25.7 Å². The molecule has 0 saturated heterocycles. The van der Waals surface area contributed by atoms with Crippen LogP contribution in [0.3, 0.4) is 0 Å². The molecule has 2 unspecified atom stereocenters. The van der Waals surface area contributed by atoms with Crippen LogP contribution in [0.2, 0.25) is 0 Å². The molecule has 624 valence electrons. The first-order valence-corrected chi connectivity index (χ1v) is 47.8. The number of aliphatic hydroxyl groups excluding tert-OH is 1. The van der Waals surface area contributed by atoms with Crippen LogP contribution in [-0.4, -0.2) is 96.7 Å². The quantitative estimate of drug-likeness (QED) is 0.0222. The van der Waals surface area contributed by atoms with Gasteiger partial charge in [-0.15, -0.1) is 0 Å². The molecule has 0 saturated carbocycles. The van der Waals surface area contributed by atoms with E-state index in [0.717, 1.165) is 89.9 Å². The van der Waals surface area contributed by atoms with Crippen LogP contribution < -0.4 is 0 Å². The van der Waals surface area contributed by atoms with Gasteiger partial charge in [0.1, 0.15) is 19.3 Å². The van der Waals surface area contributed by atoms with Crippen molar-refractivity contribution in [3.8, 4) is 0 Å². The highest BCUT2D eigenvalue weighted by molar-refractivity contribution is 7.47. The summed E-state index contributed by atoms with van der Waals surface area (Å²) in [7, 11) is -9.93. The van der Waals surface area contributed by atoms with Crippen molar-refractivity contribution < 1.29 is 80.2 Å². The molecule has 105 heavy (non-hydrogen) atoms. The first kappa shape index (κ1) is 103. The lowest BCUT2D eigenvalue weighted by molar-refractivity contribution is -0.161. The molecule has 0 aromatic heterocycles. The van der Waals surface area contributed by atoms with Crippen molar-refractivity contribution in [2.45, 2.75) is 489 Å². The van der Waals surface area contributed by atoms with Gasteiger partial charge in [0.15, 0.2) is 12.2 Å². The van der Waals surface area contributed by atoms with Gasteiger partial charge in [-0.3, -0.25) is 37.3 Å². The molecule has 0 aromatic rings. The zero-order chi connectivity index (χ0) is 76.7. The average molecular weight is 1540 g/mol. The highest BCUT2D eigenvalue weighted by Gasteiger charge is 2.30. The van der Waals surface area contributed by atoms with Gasteiger partial charge in [0.2, 0.25) is 0 Å². The van der Waals surface area contributed by atoms with E-state index in [2.05, 4.69) is 27.7 Å². The minimum atomic E-state index is -4.96. The topological polar surface area (TPSA) is 237 Å². The summed E-state index contributed by atoms with van der Waals surface area (Å²) in [6.07, 6.45) is 74.9. The monoisotopic (exact) mass is 1540 g/mol. The molecule has 0 heterocycles. The van der Waals surface area contributed by atoms with Gasteiger partial charge in [-0.1, -0.05) is 419 Å². The van der Waals surface area contributed by atoms with Crippen molar-refractivity contribution >= 4 is 39.5 Å². The van der Waals surface area contributed by atoms with Gasteiger partial charge >= 0.3 is 39.5 Å². The fourth-order valence-corrected chi connectivity index (χ4v) is 15.1. The van der Waals surface area contributed by atoms with Crippen molar-refractivity contribution in [2.24, 2.45) is 0 Å². The van der Waals surface area contributed by atoms with Gasteiger partial charge in [-0.05, 0) is 25.7 Å². The van der Waals surface area contributed by atoms with Gasteiger partial charge in [-0.2, -0.15) is 0 Å². The number of phosphoric acid groups is 2. The molecule has 19 heteroatoms. The summed E-state index contributed by atoms with van der Waals surface area (Å²) < 4.78 is 68.9. The molecule has 0 aliphatic rings. The summed E-state index contributed by atoms with van der Waals surface area (Å²) in [5.74, 6) is -2.10. The molecular weight excluding hydrogens is 1370 g/mol. The zero-order valence-electron chi connectivity index (χ0n) is 68.7. The van der Waals surface area contributed by atoms with Gasteiger partial charge in [0, 0.05) is 25.7 Å². The van der Waals surface area contributed by atoms with Gasteiger partial charge in [0.05, 0.1) is 26.4 Å². The Kier molecular flexibility index (Phi) is 78.6. The maximum Gasteiger partial charge on any atom is 0.472 e. The number of aliphatic hydroxyl groups is 1. The lowest BCUT2D eigenvalue weighted by Gasteiger charge is -2.21. The van der Waals surface area contributed by atoms with Crippen molar-refractivity contribution in [3.63, 3.8) is 0 Å². The Morgan fingerprint density at radius 2 is 0.381 bits per heavy atom. The minimum absolute atomic E-state index is 0.109. The number of ether oxygens (including phenoxy) is 4. The second-order valence-corrected chi connectivity index (χ2v) is 33.8. The molecular formula is C86H168O17P2. The van der Waals surface area contributed by atoms with Crippen LogP contribution in [0.4, 0.5) is 0 Å². The Bertz CT molecular complexity index is 1980. The molecule has 0 aliphatic heterocycles. The van der Waals surface area contributed by atoms with Gasteiger partial charge < -0.3 is 33.8 Å². The number of carbonyl (C=O) groups excluding carboxylic acids is 4. The van der Waals surface area contributed by atoms with Crippen LogP contribution in [0.5, 0.6) is 0 Å². The summed E-state index contributed by atoms with van der Waals surface area (Å²) in [6.45, 7) is 5.06. The lowest BCUT2D eigenvalue weighted by atomic mass is 10.0. The van der Waals surface area contributed by atoms with Crippen LogP contribution in [0.1, 0.15) is 471 Å².